The number of benzene rings is 1. The highest BCUT2D eigenvalue weighted by Gasteiger charge is 2.39. The quantitative estimate of drug-likeness (QED) is 0.859. The smallest absolute Gasteiger partial charge is 0.355 e. The minimum absolute atomic E-state index is 0.329. The number of nitrogens with two attached hydrogens (primary N) is 1. The Kier molecular flexibility index (Phi) is 3.27. The second kappa shape index (κ2) is 4.61. The number of hydrogen-bond donors (Lipinski definition) is 1. The van der Waals surface area contributed by atoms with Crippen LogP contribution in [0.1, 0.15) is 11.3 Å². The molecule has 0 spiro atoms. The van der Waals surface area contributed by atoms with E-state index in [4.69, 9.17) is 5.73 Å². The van der Waals surface area contributed by atoms with Crippen molar-refractivity contribution in [3.05, 3.63) is 41.1 Å². The number of hydrogen-bond acceptors (Lipinski definition) is 3. The van der Waals surface area contributed by atoms with E-state index in [0.29, 0.717) is 6.07 Å². The molecule has 0 saturated heterocycles. The first-order valence-electron chi connectivity index (χ1n) is 5.06. The molecule has 0 fully saturated rings. The molecule has 0 saturated carbocycles. The van der Waals surface area contributed by atoms with Crippen LogP contribution in [0, 0.1) is 11.6 Å². The van der Waals surface area contributed by atoms with Crippen molar-refractivity contribution in [2.45, 2.75) is 12.7 Å². The summed E-state index contributed by atoms with van der Waals surface area (Å²) in [4.78, 5) is 0. The minimum Gasteiger partial charge on any atom is -0.355 e. The van der Waals surface area contributed by atoms with Crippen LogP contribution in [0.4, 0.5) is 22.0 Å². The molecule has 1 aromatic heterocycles. The van der Waals surface area contributed by atoms with E-state index >= 15 is 0 Å². The van der Waals surface area contributed by atoms with E-state index in [-0.39, 0.29) is 5.56 Å². The summed E-state index contributed by atoms with van der Waals surface area (Å²) in [7, 11) is 0. The van der Waals surface area contributed by atoms with Crippen molar-refractivity contribution in [1.82, 2.24) is 5.16 Å². The van der Waals surface area contributed by atoms with Gasteiger partial charge in [0.1, 0.15) is 11.6 Å². The molecule has 8 heteroatoms. The molecule has 0 aliphatic heterocycles. The van der Waals surface area contributed by atoms with E-state index in [1.165, 1.54) is 0 Å². The zero-order chi connectivity index (χ0) is 14.2. The van der Waals surface area contributed by atoms with Gasteiger partial charge in [-0.1, -0.05) is 5.16 Å². The Bertz CT molecular complexity index is 606. The van der Waals surface area contributed by atoms with Crippen LogP contribution < -0.4 is 5.73 Å². The molecule has 0 aliphatic carbocycles. The van der Waals surface area contributed by atoms with Crippen LogP contribution in [0.25, 0.3) is 11.3 Å². The van der Waals surface area contributed by atoms with Gasteiger partial charge in [0.05, 0.1) is 5.56 Å². The first kappa shape index (κ1) is 13.5. The van der Waals surface area contributed by atoms with Crippen molar-refractivity contribution >= 4 is 0 Å². The Labute approximate surface area is 103 Å². The van der Waals surface area contributed by atoms with Crippen LogP contribution in [0.5, 0.6) is 0 Å². The number of halogens is 5. The molecule has 102 valence electrons. The van der Waals surface area contributed by atoms with E-state index in [0.717, 1.165) is 12.1 Å². The van der Waals surface area contributed by atoms with Crippen molar-refractivity contribution in [3.63, 3.8) is 0 Å². The maximum absolute atomic E-state index is 13.5. The highest BCUT2D eigenvalue weighted by molar-refractivity contribution is 5.63. The van der Waals surface area contributed by atoms with Crippen molar-refractivity contribution in [2.75, 3.05) is 0 Å². The lowest BCUT2D eigenvalue weighted by Crippen LogP contribution is -2.11. The van der Waals surface area contributed by atoms with Crippen molar-refractivity contribution in [2.24, 2.45) is 5.73 Å². The van der Waals surface area contributed by atoms with E-state index in [9.17, 15) is 22.0 Å². The lowest BCUT2D eigenvalue weighted by Gasteiger charge is -2.05. The Balaban J connectivity index is 2.60. The fourth-order valence-electron chi connectivity index (χ4n) is 1.61. The van der Waals surface area contributed by atoms with Crippen molar-refractivity contribution < 1.29 is 26.5 Å². The van der Waals surface area contributed by atoms with E-state index < -0.39 is 41.4 Å². The second-order valence-electron chi connectivity index (χ2n) is 3.66. The minimum atomic E-state index is -4.76. The standard InChI is InChI=1S/C11H7F5N2O/c12-5-1-2-6(8(13)3-5)9-7(4-17)10(18-19-9)11(14,15)16/h1-3H,4,17H2. The summed E-state index contributed by atoms with van der Waals surface area (Å²) in [5.41, 5.74) is 3.10. The molecule has 1 heterocycles. The molecule has 0 unspecified atom stereocenters. The van der Waals surface area contributed by atoms with Gasteiger partial charge >= 0.3 is 6.18 Å². The van der Waals surface area contributed by atoms with Gasteiger partial charge in [0.25, 0.3) is 0 Å². The average molecular weight is 278 g/mol. The number of nitrogens with zero attached hydrogens (tertiary/aromatic N) is 1. The van der Waals surface area contributed by atoms with Crippen LogP contribution >= 0.6 is 0 Å². The summed E-state index contributed by atoms with van der Waals surface area (Å²) in [6, 6.07) is 2.39. The van der Waals surface area contributed by atoms with Crippen LogP contribution in [0.2, 0.25) is 0 Å². The molecule has 19 heavy (non-hydrogen) atoms. The first-order valence-corrected chi connectivity index (χ1v) is 5.06. The third-order valence-corrected chi connectivity index (χ3v) is 2.44. The number of rotatable bonds is 2. The zero-order valence-corrected chi connectivity index (χ0v) is 9.26. The van der Waals surface area contributed by atoms with Crippen LogP contribution in [0.3, 0.4) is 0 Å². The summed E-state index contributed by atoms with van der Waals surface area (Å²) in [6.07, 6.45) is -4.76. The molecule has 0 amide bonds. The summed E-state index contributed by atoms with van der Waals surface area (Å²) in [5, 5.41) is 2.86. The molecule has 0 aliphatic rings. The van der Waals surface area contributed by atoms with Crippen LogP contribution in [-0.4, -0.2) is 5.16 Å². The predicted octanol–water partition coefficient (Wildman–Crippen LogP) is 3.10. The van der Waals surface area contributed by atoms with Gasteiger partial charge in [0.2, 0.25) is 0 Å². The van der Waals surface area contributed by atoms with Gasteiger partial charge in [-0.05, 0) is 12.1 Å². The van der Waals surface area contributed by atoms with Gasteiger partial charge in [0.15, 0.2) is 11.5 Å². The SMILES string of the molecule is NCc1c(C(F)(F)F)noc1-c1ccc(F)cc1F. The maximum Gasteiger partial charge on any atom is 0.437 e. The lowest BCUT2D eigenvalue weighted by molar-refractivity contribution is -0.143. The maximum atomic E-state index is 13.5. The molecular formula is C11H7F5N2O. The number of alkyl halides is 3. The molecule has 0 radical (unpaired) electrons. The van der Waals surface area contributed by atoms with E-state index in [1.54, 1.807) is 0 Å². The van der Waals surface area contributed by atoms with E-state index in [2.05, 4.69) is 9.68 Å². The Morgan fingerprint density at radius 1 is 1.21 bits per heavy atom. The largest absolute Gasteiger partial charge is 0.437 e. The highest BCUT2D eigenvalue weighted by atomic mass is 19.4. The molecular weight excluding hydrogens is 271 g/mol. The Hall–Kier alpha value is -1.96. The fraction of sp³-hybridized carbons (Fsp3) is 0.182. The summed E-state index contributed by atoms with van der Waals surface area (Å²) in [6.45, 7) is -0.537. The third kappa shape index (κ3) is 2.43. The molecule has 2 N–H and O–H groups in total. The van der Waals surface area contributed by atoms with Crippen LogP contribution in [0.15, 0.2) is 22.7 Å². The number of aromatic nitrogens is 1. The third-order valence-electron chi connectivity index (χ3n) is 2.44. The Morgan fingerprint density at radius 3 is 2.42 bits per heavy atom. The highest BCUT2D eigenvalue weighted by Crippen LogP contribution is 2.36. The molecule has 1 aromatic carbocycles. The lowest BCUT2D eigenvalue weighted by atomic mass is 10.1. The van der Waals surface area contributed by atoms with Gasteiger partial charge in [0, 0.05) is 18.2 Å². The second-order valence-corrected chi connectivity index (χ2v) is 3.66. The fourth-order valence-corrected chi connectivity index (χ4v) is 1.61. The summed E-state index contributed by atoms with van der Waals surface area (Å²) >= 11 is 0. The van der Waals surface area contributed by atoms with Crippen LogP contribution in [-0.2, 0) is 12.7 Å². The first-order chi connectivity index (χ1) is 8.84. The molecule has 3 nitrogen and oxygen atoms in total. The molecule has 0 atom stereocenters. The van der Waals surface area contributed by atoms with E-state index in [1.807, 2.05) is 0 Å². The molecule has 2 rings (SSSR count). The predicted molar refractivity (Wildman–Crippen MR) is 54.7 cm³/mol. The van der Waals surface area contributed by atoms with Gasteiger partial charge in [-0.15, -0.1) is 0 Å². The van der Waals surface area contributed by atoms with Gasteiger partial charge in [-0.3, -0.25) is 0 Å². The summed E-state index contributed by atoms with van der Waals surface area (Å²) < 4.78 is 68.6. The van der Waals surface area contributed by atoms with Gasteiger partial charge < -0.3 is 10.3 Å². The Morgan fingerprint density at radius 2 is 1.89 bits per heavy atom. The molecule has 2 aromatic rings. The van der Waals surface area contributed by atoms with Gasteiger partial charge in [-0.25, -0.2) is 8.78 Å². The van der Waals surface area contributed by atoms with Gasteiger partial charge in [-0.2, -0.15) is 13.2 Å². The average Bonchev–Trinajstić information content (AvgIpc) is 2.72. The normalized spacial score (nSPS) is 11.9. The molecule has 0 bridgehead atoms. The topological polar surface area (TPSA) is 52.0 Å². The van der Waals surface area contributed by atoms with Crippen molar-refractivity contribution in [1.29, 1.82) is 0 Å². The zero-order valence-electron chi connectivity index (χ0n) is 9.26. The van der Waals surface area contributed by atoms with Crippen molar-refractivity contribution in [3.8, 4) is 11.3 Å². The monoisotopic (exact) mass is 278 g/mol. The summed E-state index contributed by atoms with van der Waals surface area (Å²) in [5.74, 6) is -2.36.